The van der Waals surface area contributed by atoms with Crippen LogP contribution in [0.4, 0.5) is 10.1 Å². The molecule has 1 N–H and O–H groups in total. The van der Waals surface area contributed by atoms with Crippen LogP contribution in [0.2, 0.25) is 5.02 Å². The molecule has 2 heterocycles. The number of pyridine rings is 1. The third-order valence-corrected chi connectivity index (χ3v) is 6.91. The molecular weight excluding hydrogens is 457 g/mol. The van der Waals surface area contributed by atoms with E-state index >= 15 is 4.39 Å². The van der Waals surface area contributed by atoms with E-state index in [9.17, 15) is 14.7 Å². The molecule has 6 nitrogen and oxygen atoms in total. The monoisotopic (exact) mass is 481 g/mol. The smallest absolute Gasteiger partial charge is 0.341 e. The molecule has 176 valence electrons. The first-order valence-corrected chi connectivity index (χ1v) is 11.9. The lowest BCUT2D eigenvalue weighted by molar-refractivity contribution is 0.0695. The molecule has 2 fully saturated rings. The molecular formula is C26H25ClFN3O3. The Morgan fingerprint density at radius 1 is 1.18 bits per heavy atom. The zero-order chi connectivity index (χ0) is 23.8. The number of aromatic nitrogens is 1. The maximum absolute atomic E-state index is 15.5. The Labute approximate surface area is 201 Å². The first-order valence-electron chi connectivity index (χ1n) is 11.6. The topological polar surface area (TPSA) is 74.9 Å². The standard InChI is InChI=1S/C26H25ClFN3O3/c27-22-23-19(25(32)20(26(33)34)15-31(23)18-9-10-18)12-21(28)24(22)30-11-5-4-8-17(14-30)29-13-16-6-2-1-3-7-16/h1-3,6-7,12-13,15,17-18H,4-5,8-11,14H2,(H,33,34)/t17-/m1/s1. The van der Waals surface area contributed by atoms with Gasteiger partial charge in [0, 0.05) is 31.5 Å². The minimum Gasteiger partial charge on any atom is -0.477 e. The van der Waals surface area contributed by atoms with Crippen molar-refractivity contribution in [2.45, 2.75) is 44.2 Å². The van der Waals surface area contributed by atoms with Crippen LogP contribution in [0, 0.1) is 5.82 Å². The summed E-state index contributed by atoms with van der Waals surface area (Å²) in [6, 6.07) is 11.0. The summed E-state index contributed by atoms with van der Waals surface area (Å²) in [5.74, 6) is -1.94. The normalized spacial score (nSPS) is 19.0. The first-order chi connectivity index (χ1) is 16.4. The average molecular weight is 482 g/mol. The first kappa shape index (κ1) is 22.6. The number of carbonyl (C=O) groups is 1. The van der Waals surface area contributed by atoms with Gasteiger partial charge >= 0.3 is 5.97 Å². The van der Waals surface area contributed by atoms with Crippen molar-refractivity contribution in [1.29, 1.82) is 0 Å². The van der Waals surface area contributed by atoms with E-state index in [1.165, 1.54) is 6.20 Å². The van der Waals surface area contributed by atoms with Crippen LogP contribution < -0.4 is 10.3 Å². The van der Waals surface area contributed by atoms with Gasteiger partial charge in [-0.2, -0.15) is 0 Å². The number of benzene rings is 2. The number of fused-ring (bicyclic) bond motifs is 1. The number of hydrogen-bond donors (Lipinski definition) is 1. The van der Waals surface area contributed by atoms with Crippen molar-refractivity contribution in [3.63, 3.8) is 0 Å². The molecule has 1 saturated heterocycles. The predicted octanol–water partition coefficient (Wildman–Crippen LogP) is 5.31. The third kappa shape index (κ3) is 4.32. The fourth-order valence-electron chi connectivity index (χ4n) is 4.69. The summed E-state index contributed by atoms with van der Waals surface area (Å²) in [5, 5.41) is 9.64. The van der Waals surface area contributed by atoms with Crippen LogP contribution in [0.3, 0.4) is 0 Å². The van der Waals surface area contributed by atoms with E-state index < -0.39 is 17.2 Å². The van der Waals surface area contributed by atoms with Gasteiger partial charge < -0.3 is 14.6 Å². The largest absolute Gasteiger partial charge is 0.477 e. The highest BCUT2D eigenvalue weighted by Gasteiger charge is 2.31. The molecule has 2 aromatic carbocycles. The van der Waals surface area contributed by atoms with Gasteiger partial charge in [0.25, 0.3) is 0 Å². The SMILES string of the molecule is O=C(O)c1cn(C2CC2)c2c(Cl)c(N3CCCC[C@@H](N=Cc4ccccc4)C3)c(F)cc2c1=O. The Hall–Kier alpha value is -3.19. The summed E-state index contributed by atoms with van der Waals surface area (Å²) in [7, 11) is 0. The van der Waals surface area contributed by atoms with E-state index in [-0.39, 0.29) is 33.7 Å². The van der Waals surface area contributed by atoms with Gasteiger partial charge in [0.1, 0.15) is 11.4 Å². The minimum atomic E-state index is -1.33. The van der Waals surface area contributed by atoms with Gasteiger partial charge in [0.05, 0.1) is 27.7 Å². The molecule has 0 amide bonds. The molecule has 3 aromatic rings. The zero-order valence-electron chi connectivity index (χ0n) is 18.6. The number of rotatable bonds is 5. The summed E-state index contributed by atoms with van der Waals surface area (Å²) >= 11 is 6.81. The number of carboxylic acids is 1. The number of hydrogen-bond acceptors (Lipinski definition) is 4. The summed E-state index contributed by atoms with van der Waals surface area (Å²) < 4.78 is 17.2. The molecule has 0 spiro atoms. The van der Waals surface area contributed by atoms with E-state index in [2.05, 4.69) is 0 Å². The van der Waals surface area contributed by atoms with Crippen LogP contribution in [-0.2, 0) is 0 Å². The number of nitrogens with zero attached hydrogens (tertiary/aromatic N) is 3. The van der Waals surface area contributed by atoms with Crippen LogP contribution in [0.25, 0.3) is 10.9 Å². The van der Waals surface area contributed by atoms with Crippen molar-refractivity contribution < 1.29 is 14.3 Å². The molecule has 1 aliphatic carbocycles. The number of carboxylic acid groups (broad SMARTS) is 1. The summed E-state index contributed by atoms with van der Waals surface area (Å²) in [6.45, 7) is 1.13. The summed E-state index contributed by atoms with van der Waals surface area (Å²) in [6.07, 6.45) is 7.66. The highest BCUT2D eigenvalue weighted by Crippen LogP contribution is 2.42. The van der Waals surface area contributed by atoms with Crippen LogP contribution in [0.15, 0.2) is 52.4 Å². The molecule has 2 aliphatic rings. The zero-order valence-corrected chi connectivity index (χ0v) is 19.3. The van der Waals surface area contributed by atoms with Crippen molar-refractivity contribution in [3.8, 4) is 0 Å². The van der Waals surface area contributed by atoms with Crippen LogP contribution in [0.1, 0.15) is 54.1 Å². The van der Waals surface area contributed by atoms with E-state index in [4.69, 9.17) is 16.6 Å². The van der Waals surface area contributed by atoms with Crippen LogP contribution in [-0.4, -0.2) is 41.0 Å². The number of halogens is 2. The number of anilines is 1. The summed E-state index contributed by atoms with van der Waals surface area (Å²) in [5.41, 5.74) is 0.591. The lowest BCUT2D eigenvalue weighted by Gasteiger charge is -2.27. The van der Waals surface area contributed by atoms with E-state index in [1.54, 1.807) is 4.57 Å². The van der Waals surface area contributed by atoms with Gasteiger partial charge in [0.15, 0.2) is 0 Å². The fourth-order valence-corrected chi connectivity index (χ4v) is 5.10. The van der Waals surface area contributed by atoms with E-state index in [0.717, 1.165) is 43.7 Å². The van der Waals surface area contributed by atoms with E-state index in [0.29, 0.717) is 18.6 Å². The van der Waals surface area contributed by atoms with Crippen molar-refractivity contribution in [1.82, 2.24) is 4.57 Å². The van der Waals surface area contributed by atoms with Crippen molar-refractivity contribution in [2.75, 3.05) is 18.0 Å². The van der Waals surface area contributed by atoms with Crippen LogP contribution in [0.5, 0.6) is 0 Å². The van der Waals surface area contributed by atoms with Crippen molar-refractivity contribution >= 4 is 40.4 Å². The lowest BCUT2D eigenvalue weighted by atomic mass is 10.1. The molecule has 0 bridgehead atoms. The Morgan fingerprint density at radius 2 is 1.94 bits per heavy atom. The van der Waals surface area contributed by atoms with Gasteiger partial charge in [-0.3, -0.25) is 9.79 Å². The molecule has 1 atom stereocenters. The molecule has 8 heteroatoms. The minimum absolute atomic E-state index is 0.00604. The second-order valence-electron chi connectivity index (χ2n) is 9.02. The molecule has 34 heavy (non-hydrogen) atoms. The Bertz CT molecular complexity index is 1330. The Morgan fingerprint density at radius 3 is 2.65 bits per heavy atom. The molecule has 1 saturated carbocycles. The predicted molar refractivity (Wildman–Crippen MR) is 132 cm³/mol. The van der Waals surface area contributed by atoms with Gasteiger partial charge in [-0.25, -0.2) is 9.18 Å². The molecule has 1 aliphatic heterocycles. The molecule has 0 unspecified atom stereocenters. The molecule has 1 aromatic heterocycles. The molecule has 0 radical (unpaired) electrons. The summed E-state index contributed by atoms with van der Waals surface area (Å²) in [4.78, 5) is 31.1. The van der Waals surface area contributed by atoms with Crippen LogP contribution >= 0.6 is 11.6 Å². The fraction of sp³-hybridized carbons (Fsp3) is 0.346. The van der Waals surface area contributed by atoms with Gasteiger partial charge in [-0.1, -0.05) is 41.9 Å². The quantitative estimate of drug-likeness (QED) is 0.501. The van der Waals surface area contributed by atoms with Crippen molar-refractivity contribution in [2.24, 2.45) is 4.99 Å². The maximum Gasteiger partial charge on any atom is 0.341 e. The molecule has 5 rings (SSSR count). The highest BCUT2D eigenvalue weighted by molar-refractivity contribution is 6.38. The third-order valence-electron chi connectivity index (χ3n) is 6.55. The number of aliphatic imine (C=N–C) groups is 1. The number of aromatic carboxylic acids is 1. The van der Waals surface area contributed by atoms with Gasteiger partial charge in [-0.05, 0) is 43.7 Å². The Balaban J connectivity index is 1.57. The average Bonchev–Trinajstić information content (AvgIpc) is 3.67. The lowest BCUT2D eigenvalue weighted by Crippen LogP contribution is -2.31. The Kier molecular flexibility index (Phi) is 6.13. The van der Waals surface area contributed by atoms with Gasteiger partial charge in [-0.15, -0.1) is 0 Å². The maximum atomic E-state index is 15.5. The highest BCUT2D eigenvalue weighted by atomic mass is 35.5. The second kappa shape index (κ2) is 9.22. The van der Waals surface area contributed by atoms with Gasteiger partial charge in [0.2, 0.25) is 5.43 Å². The second-order valence-corrected chi connectivity index (χ2v) is 9.40. The van der Waals surface area contributed by atoms with Crippen molar-refractivity contribution in [3.05, 3.63) is 74.8 Å². The van der Waals surface area contributed by atoms with E-state index in [1.807, 2.05) is 41.4 Å².